The lowest BCUT2D eigenvalue weighted by molar-refractivity contribution is -0.138. The summed E-state index contributed by atoms with van der Waals surface area (Å²) in [5.41, 5.74) is 0.425. The third-order valence-corrected chi connectivity index (χ3v) is 3.70. The number of nitrogens with zero attached hydrogens (tertiary/aromatic N) is 4. The largest absolute Gasteiger partial charge is 0.463 e. The second-order valence-corrected chi connectivity index (χ2v) is 5.52. The van der Waals surface area contributed by atoms with Crippen LogP contribution in [0.2, 0.25) is 0 Å². The first-order valence-corrected chi connectivity index (χ1v) is 8.49. The van der Waals surface area contributed by atoms with E-state index in [1.165, 1.54) is 6.20 Å². The van der Waals surface area contributed by atoms with Gasteiger partial charge in [0.2, 0.25) is 5.96 Å². The van der Waals surface area contributed by atoms with Crippen LogP contribution in [0.3, 0.4) is 0 Å². The Morgan fingerprint density at radius 2 is 1.96 bits per heavy atom. The molecule has 1 aliphatic heterocycles. The van der Waals surface area contributed by atoms with Crippen molar-refractivity contribution in [2.45, 2.75) is 20.3 Å². The Bertz CT molecular complexity index is 497. The first kappa shape index (κ1) is 21.0. The van der Waals surface area contributed by atoms with E-state index in [1.54, 1.807) is 13.8 Å². The molecule has 0 spiro atoms. The van der Waals surface area contributed by atoms with E-state index < -0.39 is 0 Å². The van der Waals surface area contributed by atoms with Crippen molar-refractivity contribution in [3.8, 4) is 0 Å². The summed E-state index contributed by atoms with van der Waals surface area (Å²) in [6, 6.07) is 0. The summed E-state index contributed by atoms with van der Waals surface area (Å²) in [6.45, 7) is 12.5. The Kier molecular flexibility index (Phi) is 10.3. The topological polar surface area (TPSA) is 83.8 Å². The number of aliphatic imine (C=N–C) groups is 2. The lowest BCUT2D eigenvalue weighted by Gasteiger charge is -2.34. The van der Waals surface area contributed by atoms with Crippen molar-refractivity contribution >= 4 is 24.9 Å². The monoisotopic (exact) mass is 352 g/mol. The molecule has 8 nitrogen and oxygen atoms in total. The second kappa shape index (κ2) is 12.3. The zero-order chi connectivity index (χ0) is 18.5. The Hall–Kier alpha value is -2.06. The van der Waals surface area contributed by atoms with Crippen LogP contribution < -0.4 is 0 Å². The van der Waals surface area contributed by atoms with Crippen molar-refractivity contribution < 1.29 is 19.1 Å². The van der Waals surface area contributed by atoms with Gasteiger partial charge in [0.15, 0.2) is 0 Å². The van der Waals surface area contributed by atoms with Gasteiger partial charge in [-0.3, -0.25) is 4.90 Å². The quantitative estimate of drug-likeness (QED) is 0.152. The van der Waals surface area contributed by atoms with Crippen LogP contribution in [0, 0.1) is 0 Å². The first-order chi connectivity index (χ1) is 12.1. The van der Waals surface area contributed by atoms with Crippen LogP contribution in [-0.4, -0.2) is 87.3 Å². The van der Waals surface area contributed by atoms with E-state index in [-0.39, 0.29) is 5.97 Å². The number of esters is 1. The number of guanidine groups is 1. The molecule has 0 unspecified atom stereocenters. The number of rotatable bonds is 9. The summed E-state index contributed by atoms with van der Waals surface area (Å²) in [5.74, 6) is 0.125. The number of carbonyl (C=O) groups excluding carboxylic acids is 2. The Labute approximate surface area is 149 Å². The van der Waals surface area contributed by atoms with Crippen LogP contribution in [0.4, 0.5) is 0 Å². The maximum Gasteiger partial charge on any atom is 0.335 e. The minimum Gasteiger partial charge on any atom is -0.463 e. The average molecular weight is 352 g/mol. The predicted molar refractivity (Wildman–Crippen MR) is 96.9 cm³/mol. The van der Waals surface area contributed by atoms with Gasteiger partial charge < -0.3 is 19.2 Å². The van der Waals surface area contributed by atoms with Gasteiger partial charge in [-0.05, 0) is 20.6 Å². The molecule has 1 rings (SSSR count). The SMILES string of the molecule is C=NC(=N/C=C(\C)C(=O)OCC)N1CCN(CCOCCC=O)CC1. The number of hydrogen-bond donors (Lipinski definition) is 0. The van der Waals surface area contributed by atoms with Gasteiger partial charge >= 0.3 is 5.97 Å². The number of piperazine rings is 1. The van der Waals surface area contributed by atoms with Gasteiger partial charge in [-0.25, -0.2) is 14.8 Å². The van der Waals surface area contributed by atoms with Crippen molar-refractivity contribution in [1.29, 1.82) is 0 Å². The number of carbonyl (C=O) groups is 2. The normalized spacial score (nSPS) is 16.6. The number of aldehydes is 1. The molecule has 1 aliphatic rings. The standard InChI is InChI=1S/C17H28N4O4/c1-4-25-16(23)15(2)14-19-17(18-3)21-8-6-20(7-9-21)10-13-24-12-5-11-22/h11,14H,3-10,12-13H2,1-2H3/b15-14+,19-17?. The van der Waals surface area contributed by atoms with Crippen LogP contribution in [0.25, 0.3) is 0 Å². The highest BCUT2D eigenvalue weighted by Gasteiger charge is 2.18. The van der Waals surface area contributed by atoms with Gasteiger partial charge in [0, 0.05) is 45.3 Å². The number of ether oxygens (including phenoxy) is 2. The van der Waals surface area contributed by atoms with Crippen LogP contribution >= 0.6 is 0 Å². The fraction of sp³-hybridized carbons (Fsp3) is 0.647. The molecule has 0 aliphatic carbocycles. The molecule has 0 amide bonds. The first-order valence-electron chi connectivity index (χ1n) is 8.49. The van der Waals surface area contributed by atoms with Crippen molar-refractivity contribution in [2.24, 2.45) is 9.98 Å². The highest BCUT2D eigenvalue weighted by Crippen LogP contribution is 2.05. The maximum absolute atomic E-state index is 11.6. The van der Waals surface area contributed by atoms with E-state index in [0.717, 1.165) is 39.0 Å². The van der Waals surface area contributed by atoms with Crippen molar-refractivity contribution in [1.82, 2.24) is 9.80 Å². The second-order valence-electron chi connectivity index (χ2n) is 5.52. The molecule has 140 valence electrons. The van der Waals surface area contributed by atoms with Crippen LogP contribution in [0.15, 0.2) is 21.8 Å². The molecule has 8 heteroatoms. The summed E-state index contributed by atoms with van der Waals surface area (Å²) in [7, 11) is 0. The molecule has 1 saturated heterocycles. The van der Waals surface area contributed by atoms with Crippen molar-refractivity contribution in [2.75, 3.05) is 52.5 Å². The zero-order valence-corrected chi connectivity index (χ0v) is 15.1. The highest BCUT2D eigenvalue weighted by atomic mass is 16.5. The van der Waals surface area contributed by atoms with Gasteiger partial charge in [0.1, 0.15) is 6.29 Å². The molecule has 0 aromatic rings. The van der Waals surface area contributed by atoms with Crippen molar-refractivity contribution in [3.63, 3.8) is 0 Å². The van der Waals surface area contributed by atoms with Crippen LogP contribution in [0.1, 0.15) is 20.3 Å². The fourth-order valence-electron chi connectivity index (χ4n) is 2.27. The molecular formula is C17H28N4O4. The van der Waals surface area contributed by atoms with E-state index in [2.05, 4.69) is 21.6 Å². The minimum absolute atomic E-state index is 0.334. The van der Waals surface area contributed by atoms with Crippen LogP contribution in [0.5, 0.6) is 0 Å². The molecule has 1 fully saturated rings. The van der Waals surface area contributed by atoms with E-state index in [0.29, 0.717) is 37.8 Å². The van der Waals surface area contributed by atoms with Crippen molar-refractivity contribution in [3.05, 3.63) is 11.8 Å². The molecule has 0 N–H and O–H groups in total. The molecular weight excluding hydrogens is 324 g/mol. The molecule has 0 atom stereocenters. The third kappa shape index (κ3) is 8.04. The lowest BCUT2D eigenvalue weighted by Crippen LogP contribution is -2.49. The molecule has 0 saturated carbocycles. The Morgan fingerprint density at radius 1 is 1.24 bits per heavy atom. The Balaban J connectivity index is 2.43. The molecule has 0 aromatic heterocycles. The smallest absolute Gasteiger partial charge is 0.335 e. The van der Waals surface area contributed by atoms with Gasteiger partial charge in [0.25, 0.3) is 0 Å². The molecule has 0 radical (unpaired) electrons. The van der Waals surface area contributed by atoms with Gasteiger partial charge in [-0.1, -0.05) is 0 Å². The fourth-order valence-corrected chi connectivity index (χ4v) is 2.27. The summed E-state index contributed by atoms with van der Waals surface area (Å²) in [6.07, 6.45) is 2.77. The average Bonchev–Trinajstić information content (AvgIpc) is 2.63. The minimum atomic E-state index is -0.380. The van der Waals surface area contributed by atoms with E-state index in [9.17, 15) is 9.59 Å². The number of hydrogen-bond acceptors (Lipinski definition) is 6. The van der Waals surface area contributed by atoms with Gasteiger partial charge in [-0.2, -0.15) is 0 Å². The lowest BCUT2D eigenvalue weighted by atomic mass is 10.3. The maximum atomic E-state index is 11.6. The highest BCUT2D eigenvalue weighted by molar-refractivity contribution is 5.89. The molecule has 25 heavy (non-hydrogen) atoms. The summed E-state index contributed by atoms with van der Waals surface area (Å²) < 4.78 is 10.3. The zero-order valence-electron chi connectivity index (χ0n) is 15.1. The van der Waals surface area contributed by atoms with E-state index in [1.807, 2.05) is 4.90 Å². The van der Waals surface area contributed by atoms with E-state index >= 15 is 0 Å². The molecule has 1 heterocycles. The molecule has 0 aromatic carbocycles. The summed E-state index contributed by atoms with van der Waals surface area (Å²) >= 11 is 0. The van der Waals surface area contributed by atoms with Gasteiger partial charge in [0.05, 0.1) is 25.4 Å². The van der Waals surface area contributed by atoms with Crippen LogP contribution in [-0.2, 0) is 19.1 Å². The third-order valence-electron chi connectivity index (χ3n) is 3.70. The summed E-state index contributed by atoms with van der Waals surface area (Å²) in [5, 5.41) is 0. The molecule has 0 bridgehead atoms. The van der Waals surface area contributed by atoms with E-state index in [4.69, 9.17) is 9.47 Å². The summed E-state index contributed by atoms with van der Waals surface area (Å²) in [4.78, 5) is 34.3. The Morgan fingerprint density at radius 3 is 2.56 bits per heavy atom. The predicted octanol–water partition coefficient (Wildman–Crippen LogP) is 0.733. The van der Waals surface area contributed by atoms with Gasteiger partial charge in [-0.15, -0.1) is 0 Å².